The number of nitrogens with one attached hydrogen (secondary N) is 3. The number of amides is 1. The molecule has 1 amide bonds. The number of rotatable bonds is 7. The first-order valence-corrected chi connectivity index (χ1v) is 11.6. The van der Waals surface area contributed by atoms with Crippen LogP contribution in [0.2, 0.25) is 0 Å². The number of allylic oxidation sites excluding steroid dienone is 2. The van der Waals surface area contributed by atoms with Gasteiger partial charge in [0.25, 0.3) is 5.91 Å². The van der Waals surface area contributed by atoms with Crippen LogP contribution in [0, 0.1) is 0 Å². The zero-order chi connectivity index (χ0) is 23.5. The van der Waals surface area contributed by atoms with E-state index in [1.54, 1.807) is 4.68 Å². The second kappa shape index (κ2) is 9.46. The van der Waals surface area contributed by atoms with Gasteiger partial charge >= 0.3 is 0 Å². The molecular weight excluding hydrogens is 428 g/mol. The number of guanidine groups is 1. The lowest BCUT2D eigenvalue weighted by atomic mass is 10.0. The number of carbonyl (C=O) groups excluding carboxylic acids is 1. The van der Waals surface area contributed by atoms with Crippen molar-refractivity contribution in [3.8, 4) is 11.4 Å². The molecule has 34 heavy (non-hydrogen) atoms. The van der Waals surface area contributed by atoms with Crippen molar-refractivity contribution < 1.29 is 4.79 Å². The lowest BCUT2D eigenvalue weighted by Crippen LogP contribution is -2.38. The third kappa shape index (κ3) is 4.98. The highest BCUT2D eigenvalue weighted by Gasteiger charge is 2.27. The summed E-state index contributed by atoms with van der Waals surface area (Å²) in [6, 6.07) is 13.9. The Hall–Kier alpha value is -4.01. The zero-order valence-corrected chi connectivity index (χ0v) is 19.4. The molecule has 1 saturated carbocycles. The van der Waals surface area contributed by atoms with E-state index in [1.165, 1.54) is 5.57 Å². The minimum Gasteiger partial charge on any atom is -0.355 e. The first-order chi connectivity index (χ1) is 16.6. The molecule has 2 heterocycles. The van der Waals surface area contributed by atoms with Crippen molar-refractivity contribution in [2.75, 3.05) is 18.4 Å². The third-order valence-electron chi connectivity index (χ3n) is 5.84. The Morgan fingerprint density at radius 3 is 2.85 bits per heavy atom. The van der Waals surface area contributed by atoms with Crippen LogP contribution in [-0.2, 0) is 6.54 Å². The van der Waals surface area contributed by atoms with Gasteiger partial charge in [-0.05, 0) is 78.9 Å². The van der Waals surface area contributed by atoms with Crippen molar-refractivity contribution in [3.05, 3.63) is 65.2 Å². The maximum absolute atomic E-state index is 12.7. The summed E-state index contributed by atoms with van der Waals surface area (Å²) in [5, 5.41) is 21.7. The van der Waals surface area contributed by atoms with Crippen LogP contribution in [0.25, 0.3) is 11.4 Å². The summed E-state index contributed by atoms with van der Waals surface area (Å²) in [6.07, 6.45) is 4.36. The van der Waals surface area contributed by atoms with Crippen LogP contribution >= 0.6 is 0 Å². The number of aliphatic imine (C=N–C) groups is 1. The highest BCUT2D eigenvalue weighted by Crippen LogP contribution is 2.44. The molecule has 0 unspecified atom stereocenters. The van der Waals surface area contributed by atoms with E-state index in [1.807, 2.05) is 42.5 Å². The largest absolute Gasteiger partial charge is 0.355 e. The van der Waals surface area contributed by atoms with E-state index >= 15 is 0 Å². The number of tetrazole rings is 1. The monoisotopic (exact) mass is 456 g/mol. The Morgan fingerprint density at radius 2 is 2.09 bits per heavy atom. The fourth-order valence-electron chi connectivity index (χ4n) is 3.91. The van der Waals surface area contributed by atoms with Gasteiger partial charge in [-0.3, -0.25) is 15.1 Å². The predicted molar refractivity (Wildman–Crippen MR) is 132 cm³/mol. The van der Waals surface area contributed by atoms with Crippen molar-refractivity contribution in [2.24, 2.45) is 4.99 Å². The van der Waals surface area contributed by atoms with Crippen molar-refractivity contribution in [2.45, 2.75) is 39.2 Å². The minimum atomic E-state index is -0.146. The Bertz CT molecular complexity index is 1270. The SMILES string of the molecule is CC(C)=CCn1nnnc1-c1cccc(Nc2ccc(C(=O)NC3=NCCN3)cc2C2CC2)c1. The van der Waals surface area contributed by atoms with E-state index in [4.69, 9.17) is 0 Å². The van der Waals surface area contributed by atoms with Crippen LogP contribution in [0.3, 0.4) is 0 Å². The summed E-state index contributed by atoms with van der Waals surface area (Å²) in [4.78, 5) is 16.9. The lowest BCUT2D eigenvalue weighted by Gasteiger charge is -2.14. The van der Waals surface area contributed by atoms with Crippen molar-refractivity contribution in [1.29, 1.82) is 0 Å². The molecular formula is C25H28N8O. The van der Waals surface area contributed by atoms with E-state index < -0.39 is 0 Å². The standard InChI is InChI=1S/C25H28N8O/c1-16(2)10-13-33-23(30-31-32-33)18-4-3-5-20(14-18)28-22-9-8-19(15-21(22)17-6-7-17)24(34)29-25-26-11-12-27-25/h3-5,8-10,14-15,17,28H,6-7,11-13H2,1-2H3,(H2,26,27,29,34). The van der Waals surface area contributed by atoms with Crippen LogP contribution in [0.15, 0.2) is 59.1 Å². The number of hydrogen-bond acceptors (Lipinski definition) is 7. The second-order valence-corrected chi connectivity index (χ2v) is 8.86. The van der Waals surface area contributed by atoms with Crippen LogP contribution in [0.4, 0.5) is 11.4 Å². The van der Waals surface area contributed by atoms with Crippen LogP contribution in [-0.4, -0.2) is 45.2 Å². The highest BCUT2D eigenvalue weighted by molar-refractivity contribution is 6.06. The Labute approximate surface area is 198 Å². The Kier molecular flexibility index (Phi) is 6.07. The average molecular weight is 457 g/mol. The molecule has 3 aromatic rings. The predicted octanol–water partition coefficient (Wildman–Crippen LogP) is 3.62. The van der Waals surface area contributed by atoms with Crippen molar-refractivity contribution in [1.82, 2.24) is 30.8 Å². The minimum absolute atomic E-state index is 0.146. The maximum Gasteiger partial charge on any atom is 0.257 e. The second-order valence-electron chi connectivity index (χ2n) is 8.86. The van der Waals surface area contributed by atoms with Gasteiger partial charge in [0.05, 0.1) is 13.1 Å². The average Bonchev–Trinajstić information content (AvgIpc) is 3.34. The molecule has 1 aliphatic carbocycles. The fraction of sp³-hybridized carbons (Fsp3) is 0.320. The quantitative estimate of drug-likeness (QED) is 0.469. The normalized spacial score (nSPS) is 14.8. The van der Waals surface area contributed by atoms with Gasteiger partial charge in [-0.15, -0.1) is 5.10 Å². The maximum atomic E-state index is 12.7. The van der Waals surface area contributed by atoms with Gasteiger partial charge in [0.2, 0.25) is 0 Å². The summed E-state index contributed by atoms with van der Waals surface area (Å²) >= 11 is 0. The molecule has 0 saturated heterocycles. The molecule has 174 valence electrons. The number of anilines is 2. The first kappa shape index (κ1) is 21.8. The molecule has 3 N–H and O–H groups in total. The molecule has 9 nitrogen and oxygen atoms in total. The smallest absolute Gasteiger partial charge is 0.257 e. The van der Waals surface area contributed by atoms with Gasteiger partial charge < -0.3 is 10.6 Å². The Morgan fingerprint density at radius 1 is 1.21 bits per heavy atom. The number of hydrogen-bond donors (Lipinski definition) is 3. The van der Waals surface area contributed by atoms with Gasteiger partial charge in [-0.1, -0.05) is 23.8 Å². The summed E-state index contributed by atoms with van der Waals surface area (Å²) < 4.78 is 1.79. The van der Waals surface area contributed by atoms with Crippen LogP contribution in [0.5, 0.6) is 0 Å². The molecule has 0 bridgehead atoms. The number of aromatic nitrogens is 4. The van der Waals surface area contributed by atoms with E-state index in [2.05, 4.69) is 56.4 Å². The molecule has 0 atom stereocenters. The van der Waals surface area contributed by atoms with Crippen molar-refractivity contribution >= 4 is 23.2 Å². The number of carbonyl (C=O) groups is 1. The van der Waals surface area contributed by atoms with Gasteiger partial charge in [0.15, 0.2) is 11.8 Å². The number of nitrogens with zero attached hydrogens (tertiary/aromatic N) is 5. The molecule has 1 aliphatic heterocycles. The zero-order valence-electron chi connectivity index (χ0n) is 19.4. The van der Waals surface area contributed by atoms with E-state index in [9.17, 15) is 4.79 Å². The van der Waals surface area contributed by atoms with Gasteiger partial charge in [0.1, 0.15) is 0 Å². The summed E-state index contributed by atoms with van der Waals surface area (Å²) in [5.74, 6) is 1.59. The molecule has 2 aromatic carbocycles. The van der Waals surface area contributed by atoms with Crippen LogP contribution < -0.4 is 16.0 Å². The van der Waals surface area contributed by atoms with Crippen LogP contribution in [0.1, 0.15) is 48.5 Å². The van der Waals surface area contributed by atoms with Crippen molar-refractivity contribution in [3.63, 3.8) is 0 Å². The van der Waals surface area contributed by atoms with E-state index in [0.717, 1.165) is 47.7 Å². The summed E-state index contributed by atoms with van der Waals surface area (Å²) in [7, 11) is 0. The van der Waals surface area contributed by atoms with Gasteiger partial charge in [-0.2, -0.15) is 0 Å². The molecule has 1 aromatic heterocycles. The summed E-state index contributed by atoms with van der Waals surface area (Å²) in [6.45, 7) is 6.18. The first-order valence-electron chi connectivity index (χ1n) is 11.6. The Balaban J connectivity index is 1.37. The molecule has 1 fully saturated rings. The van der Waals surface area contributed by atoms with E-state index in [0.29, 0.717) is 30.5 Å². The molecule has 0 spiro atoms. The highest BCUT2D eigenvalue weighted by atomic mass is 16.1. The third-order valence-corrected chi connectivity index (χ3v) is 5.84. The molecule has 9 heteroatoms. The molecule has 0 radical (unpaired) electrons. The summed E-state index contributed by atoms with van der Waals surface area (Å²) in [5.41, 5.74) is 5.90. The topological polar surface area (TPSA) is 109 Å². The number of benzene rings is 2. The fourth-order valence-corrected chi connectivity index (χ4v) is 3.91. The molecule has 5 rings (SSSR count). The lowest BCUT2D eigenvalue weighted by molar-refractivity contribution is 0.0976. The van der Waals surface area contributed by atoms with E-state index in [-0.39, 0.29) is 5.91 Å². The molecule has 2 aliphatic rings. The van der Waals surface area contributed by atoms with Gasteiger partial charge in [-0.25, -0.2) is 4.68 Å². The van der Waals surface area contributed by atoms with Gasteiger partial charge in [0, 0.05) is 29.0 Å².